The van der Waals surface area contributed by atoms with Crippen molar-refractivity contribution in [2.45, 2.75) is 36.6 Å². The highest BCUT2D eigenvalue weighted by molar-refractivity contribution is 7.89. The standard InChI is InChI=1S/C21H21F4NO5S/c22-16-3-1-2-15(12-16)13-17(27)14-30-18-8-10-26(11-9-18)32(28,29)20-6-4-19(5-7-20)31-21(23,24)25/h1-7,12,18H,8-11,13-14H2. The van der Waals surface area contributed by atoms with E-state index >= 15 is 0 Å². The van der Waals surface area contributed by atoms with Gasteiger partial charge in [-0.3, -0.25) is 4.79 Å². The van der Waals surface area contributed by atoms with Gasteiger partial charge in [0.2, 0.25) is 10.0 Å². The van der Waals surface area contributed by atoms with Crippen LogP contribution in [0.25, 0.3) is 0 Å². The maximum Gasteiger partial charge on any atom is 0.573 e. The summed E-state index contributed by atoms with van der Waals surface area (Å²) in [5.74, 6) is -1.15. The van der Waals surface area contributed by atoms with Crippen molar-refractivity contribution in [2.24, 2.45) is 0 Å². The van der Waals surface area contributed by atoms with E-state index in [0.717, 1.165) is 24.3 Å². The van der Waals surface area contributed by atoms with Gasteiger partial charge < -0.3 is 9.47 Å². The molecule has 1 saturated heterocycles. The fourth-order valence-electron chi connectivity index (χ4n) is 3.34. The quantitative estimate of drug-likeness (QED) is 0.545. The van der Waals surface area contributed by atoms with Crippen LogP contribution in [-0.4, -0.2) is 50.7 Å². The molecular weight excluding hydrogens is 454 g/mol. The minimum absolute atomic E-state index is 0.0407. The Hall–Kier alpha value is -2.50. The maximum absolute atomic E-state index is 13.2. The van der Waals surface area contributed by atoms with Crippen LogP contribution in [-0.2, 0) is 26.0 Å². The number of carbonyl (C=O) groups is 1. The van der Waals surface area contributed by atoms with Gasteiger partial charge in [0.1, 0.15) is 18.2 Å². The van der Waals surface area contributed by atoms with Gasteiger partial charge in [0.05, 0.1) is 11.0 Å². The third kappa shape index (κ3) is 6.75. The molecule has 1 fully saturated rings. The molecule has 6 nitrogen and oxygen atoms in total. The molecule has 32 heavy (non-hydrogen) atoms. The highest BCUT2D eigenvalue weighted by atomic mass is 32.2. The summed E-state index contributed by atoms with van der Waals surface area (Å²) in [6, 6.07) is 9.74. The van der Waals surface area contributed by atoms with Crippen molar-refractivity contribution < 1.29 is 40.2 Å². The molecule has 0 aromatic heterocycles. The van der Waals surface area contributed by atoms with Crippen LogP contribution < -0.4 is 4.74 Å². The van der Waals surface area contributed by atoms with Gasteiger partial charge in [-0.1, -0.05) is 12.1 Å². The van der Waals surface area contributed by atoms with E-state index in [1.165, 1.54) is 22.5 Å². The molecule has 0 spiro atoms. The van der Waals surface area contributed by atoms with E-state index in [0.29, 0.717) is 18.4 Å². The van der Waals surface area contributed by atoms with E-state index in [9.17, 15) is 30.8 Å². The third-order valence-corrected chi connectivity index (χ3v) is 6.78. The predicted molar refractivity (Wildman–Crippen MR) is 106 cm³/mol. The van der Waals surface area contributed by atoms with Crippen LogP contribution in [0.2, 0.25) is 0 Å². The number of hydrogen-bond donors (Lipinski definition) is 0. The summed E-state index contributed by atoms with van der Waals surface area (Å²) in [4.78, 5) is 11.9. The summed E-state index contributed by atoms with van der Waals surface area (Å²) in [6.45, 7) is 0.131. The summed E-state index contributed by atoms with van der Waals surface area (Å²) >= 11 is 0. The molecular formula is C21H21F4NO5S. The smallest absolute Gasteiger partial charge is 0.406 e. The normalized spacial score (nSPS) is 16.1. The van der Waals surface area contributed by atoms with Crippen molar-refractivity contribution in [1.82, 2.24) is 4.31 Å². The average molecular weight is 475 g/mol. The van der Waals surface area contributed by atoms with Gasteiger partial charge in [-0.05, 0) is 54.8 Å². The summed E-state index contributed by atoms with van der Waals surface area (Å²) < 4.78 is 85.9. The molecule has 0 unspecified atom stereocenters. The Balaban J connectivity index is 1.48. The molecule has 0 atom stereocenters. The zero-order valence-electron chi connectivity index (χ0n) is 16.8. The van der Waals surface area contributed by atoms with Crippen molar-refractivity contribution in [3.8, 4) is 5.75 Å². The SMILES string of the molecule is O=C(COC1CCN(S(=O)(=O)c2ccc(OC(F)(F)F)cc2)CC1)Cc1cccc(F)c1. The fraction of sp³-hybridized carbons (Fsp3) is 0.381. The first-order chi connectivity index (χ1) is 15.0. The number of nitrogens with zero attached hydrogens (tertiary/aromatic N) is 1. The second kappa shape index (κ2) is 9.97. The van der Waals surface area contributed by atoms with Crippen LogP contribution in [0.3, 0.4) is 0 Å². The zero-order valence-corrected chi connectivity index (χ0v) is 17.7. The van der Waals surface area contributed by atoms with Crippen LogP contribution in [0, 0.1) is 5.82 Å². The summed E-state index contributed by atoms with van der Waals surface area (Å²) in [5.41, 5.74) is 0.547. The third-order valence-electron chi connectivity index (χ3n) is 4.87. The molecule has 2 aromatic rings. The topological polar surface area (TPSA) is 72.9 Å². The van der Waals surface area contributed by atoms with E-state index in [1.807, 2.05) is 0 Å². The van der Waals surface area contributed by atoms with E-state index < -0.39 is 28.0 Å². The molecule has 0 amide bonds. The fourth-order valence-corrected chi connectivity index (χ4v) is 4.81. The lowest BCUT2D eigenvalue weighted by molar-refractivity contribution is -0.274. The van der Waals surface area contributed by atoms with Crippen molar-refractivity contribution in [3.05, 3.63) is 59.9 Å². The molecule has 2 aromatic carbocycles. The van der Waals surface area contributed by atoms with Crippen molar-refractivity contribution in [3.63, 3.8) is 0 Å². The molecule has 0 aliphatic carbocycles. The van der Waals surface area contributed by atoms with E-state index in [1.54, 1.807) is 6.07 Å². The van der Waals surface area contributed by atoms with Crippen LogP contribution in [0.4, 0.5) is 17.6 Å². The van der Waals surface area contributed by atoms with Crippen LogP contribution >= 0.6 is 0 Å². The number of piperidine rings is 1. The number of benzene rings is 2. The number of sulfonamides is 1. The lowest BCUT2D eigenvalue weighted by atomic mass is 10.1. The number of ether oxygens (including phenoxy) is 2. The summed E-state index contributed by atoms with van der Waals surface area (Å²) in [6.07, 6.45) is -4.40. The monoisotopic (exact) mass is 475 g/mol. The first-order valence-corrected chi connectivity index (χ1v) is 11.2. The lowest BCUT2D eigenvalue weighted by Gasteiger charge is -2.31. The van der Waals surface area contributed by atoms with Gasteiger partial charge in [-0.25, -0.2) is 12.8 Å². The van der Waals surface area contributed by atoms with Crippen molar-refractivity contribution >= 4 is 15.8 Å². The Morgan fingerprint density at radius 3 is 2.31 bits per heavy atom. The summed E-state index contributed by atoms with van der Waals surface area (Å²) in [7, 11) is -3.88. The van der Waals surface area contributed by atoms with Gasteiger partial charge >= 0.3 is 6.36 Å². The Kier molecular flexibility index (Phi) is 7.52. The van der Waals surface area contributed by atoms with Crippen molar-refractivity contribution in [1.29, 1.82) is 0 Å². The van der Waals surface area contributed by atoms with Crippen LogP contribution in [0.5, 0.6) is 5.75 Å². The number of carbonyl (C=O) groups excluding carboxylic acids is 1. The Morgan fingerprint density at radius 1 is 1.06 bits per heavy atom. The highest BCUT2D eigenvalue weighted by Crippen LogP contribution is 2.26. The number of ketones is 1. The predicted octanol–water partition coefficient (Wildman–Crippen LogP) is 3.71. The van der Waals surface area contributed by atoms with Gasteiger partial charge in [0.25, 0.3) is 0 Å². The zero-order chi connectivity index (χ0) is 23.4. The number of Topliss-reactive ketones (excluding diaryl/α,β-unsaturated/α-hetero) is 1. The first kappa shape index (κ1) is 24.1. The highest BCUT2D eigenvalue weighted by Gasteiger charge is 2.32. The minimum Gasteiger partial charge on any atom is -0.406 e. The Bertz CT molecular complexity index is 1030. The molecule has 3 rings (SSSR count). The van der Waals surface area contributed by atoms with Gasteiger partial charge in [-0.15, -0.1) is 13.2 Å². The van der Waals surface area contributed by atoms with Gasteiger partial charge in [-0.2, -0.15) is 4.31 Å². The van der Waals surface area contributed by atoms with Crippen LogP contribution in [0.15, 0.2) is 53.4 Å². The second-order valence-electron chi connectivity index (χ2n) is 7.28. The van der Waals surface area contributed by atoms with Gasteiger partial charge in [0.15, 0.2) is 5.78 Å². The Labute approximate surface area is 182 Å². The average Bonchev–Trinajstić information content (AvgIpc) is 2.72. The number of alkyl halides is 3. The molecule has 1 aliphatic rings. The lowest BCUT2D eigenvalue weighted by Crippen LogP contribution is -2.41. The van der Waals surface area contributed by atoms with Crippen LogP contribution in [0.1, 0.15) is 18.4 Å². The van der Waals surface area contributed by atoms with E-state index in [2.05, 4.69) is 4.74 Å². The Morgan fingerprint density at radius 2 is 1.72 bits per heavy atom. The van der Waals surface area contributed by atoms with E-state index in [4.69, 9.17) is 4.74 Å². The van der Waals surface area contributed by atoms with Gasteiger partial charge in [0, 0.05) is 19.5 Å². The summed E-state index contributed by atoms with van der Waals surface area (Å²) in [5, 5.41) is 0. The molecule has 0 N–H and O–H groups in total. The van der Waals surface area contributed by atoms with Crippen molar-refractivity contribution in [2.75, 3.05) is 19.7 Å². The molecule has 0 bridgehead atoms. The molecule has 11 heteroatoms. The molecule has 1 heterocycles. The first-order valence-electron chi connectivity index (χ1n) is 9.77. The maximum atomic E-state index is 13.2. The molecule has 1 aliphatic heterocycles. The number of halogens is 4. The largest absolute Gasteiger partial charge is 0.573 e. The molecule has 0 radical (unpaired) electrons. The number of rotatable bonds is 8. The second-order valence-corrected chi connectivity index (χ2v) is 9.22. The molecule has 174 valence electrons. The van der Waals surface area contributed by atoms with E-state index in [-0.39, 0.29) is 42.9 Å². The minimum atomic E-state index is -4.86. The molecule has 0 saturated carbocycles. The number of hydrogen-bond acceptors (Lipinski definition) is 5.